The molecule has 158 valence electrons. The predicted octanol–water partition coefficient (Wildman–Crippen LogP) is 3.32. The second-order valence-corrected chi connectivity index (χ2v) is 8.49. The van der Waals surface area contributed by atoms with Gasteiger partial charge in [0.15, 0.2) is 5.96 Å². The lowest BCUT2D eigenvalue weighted by Gasteiger charge is -2.32. The number of aromatic nitrogens is 2. The highest BCUT2D eigenvalue weighted by molar-refractivity contribution is 7.07. The van der Waals surface area contributed by atoms with Gasteiger partial charge in [0.2, 0.25) is 0 Å². The molecule has 3 aromatic rings. The van der Waals surface area contributed by atoms with Crippen molar-refractivity contribution in [2.45, 2.75) is 38.5 Å². The molecular formula is C23H30N6S. The van der Waals surface area contributed by atoms with Crippen molar-refractivity contribution in [3.8, 4) is 0 Å². The molecule has 7 heteroatoms. The molecule has 0 atom stereocenters. The van der Waals surface area contributed by atoms with Crippen molar-refractivity contribution in [3.05, 3.63) is 76.5 Å². The van der Waals surface area contributed by atoms with Gasteiger partial charge >= 0.3 is 0 Å². The number of imidazole rings is 1. The van der Waals surface area contributed by atoms with E-state index in [0.29, 0.717) is 12.6 Å². The zero-order chi connectivity index (χ0) is 20.6. The van der Waals surface area contributed by atoms with Crippen molar-refractivity contribution < 1.29 is 0 Å². The Hall–Kier alpha value is -2.64. The monoisotopic (exact) mass is 422 g/mol. The van der Waals surface area contributed by atoms with Crippen LogP contribution in [0.1, 0.15) is 29.8 Å². The molecule has 1 aromatic carbocycles. The van der Waals surface area contributed by atoms with Crippen molar-refractivity contribution in [2.24, 2.45) is 4.99 Å². The zero-order valence-corrected chi connectivity index (χ0v) is 18.3. The number of rotatable bonds is 7. The van der Waals surface area contributed by atoms with Crippen LogP contribution >= 0.6 is 11.3 Å². The lowest BCUT2D eigenvalue weighted by Crippen LogP contribution is -2.48. The molecule has 0 amide bonds. The normalized spacial score (nSPS) is 16.0. The Labute approximate surface area is 182 Å². The highest BCUT2D eigenvalue weighted by Gasteiger charge is 2.20. The Balaban J connectivity index is 1.24. The Kier molecular flexibility index (Phi) is 7.16. The highest BCUT2D eigenvalue weighted by atomic mass is 32.1. The molecule has 0 aliphatic carbocycles. The van der Waals surface area contributed by atoms with Crippen molar-refractivity contribution in [1.29, 1.82) is 0 Å². The van der Waals surface area contributed by atoms with Gasteiger partial charge in [0.25, 0.3) is 0 Å². The summed E-state index contributed by atoms with van der Waals surface area (Å²) in [6.07, 6.45) is 6.16. The minimum Gasteiger partial charge on any atom is -0.354 e. The molecule has 0 bridgehead atoms. The first-order valence-electron chi connectivity index (χ1n) is 10.5. The standard InChI is InChI=1S/C23H30N6S/c1-24-23(27-21-7-11-28(12-8-21)16-20-9-14-30-18-20)26-15-22-25-10-13-29(22)17-19-5-3-2-4-6-19/h2-6,9-10,13-14,18,21H,7-8,11-12,15-17H2,1H3,(H2,24,26,27). The zero-order valence-electron chi connectivity index (χ0n) is 17.5. The van der Waals surface area contributed by atoms with Gasteiger partial charge in [-0.15, -0.1) is 0 Å². The molecule has 3 heterocycles. The minimum atomic E-state index is 0.457. The van der Waals surface area contributed by atoms with Crippen molar-refractivity contribution in [2.75, 3.05) is 20.1 Å². The summed E-state index contributed by atoms with van der Waals surface area (Å²) in [6, 6.07) is 13.2. The van der Waals surface area contributed by atoms with Gasteiger partial charge in [-0.05, 0) is 40.8 Å². The number of aliphatic imine (C=N–C) groups is 1. The maximum atomic E-state index is 4.52. The number of likely N-dealkylation sites (tertiary alicyclic amines) is 1. The third-order valence-corrected chi connectivity index (χ3v) is 6.28. The van der Waals surface area contributed by atoms with Crippen LogP contribution in [0.3, 0.4) is 0 Å². The molecule has 6 nitrogen and oxygen atoms in total. The van der Waals surface area contributed by atoms with Gasteiger partial charge in [-0.2, -0.15) is 11.3 Å². The van der Waals surface area contributed by atoms with E-state index in [0.717, 1.165) is 50.8 Å². The average molecular weight is 423 g/mol. The Bertz CT molecular complexity index is 910. The van der Waals surface area contributed by atoms with Gasteiger partial charge in [-0.25, -0.2) is 4.98 Å². The summed E-state index contributed by atoms with van der Waals surface area (Å²) in [5, 5.41) is 11.4. The highest BCUT2D eigenvalue weighted by Crippen LogP contribution is 2.15. The summed E-state index contributed by atoms with van der Waals surface area (Å²) in [6.45, 7) is 4.77. The average Bonchev–Trinajstić information content (AvgIpc) is 3.45. The number of piperidine rings is 1. The maximum absolute atomic E-state index is 4.52. The first-order chi connectivity index (χ1) is 14.8. The third kappa shape index (κ3) is 5.70. The quantitative estimate of drug-likeness (QED) is 0.453. The summed E-state index contributed by atoms with van der Waals surface area (Å²) in [5.74, 6) is 1.85. The molecule has 1 saturated heterocycles. The fourth-order valence-corrected chi connectivity index (χ4v) is 4.52. The van der Waals surface area contributed by atoms with E-state index in [1.165, 1.54) is 11.1 Å². The predicted molar refractivity (Wildman–Crippen MR) is 124 cm³/mol. The molecule has 1 fully saturated rings. The van der Waals surface area contributed by atoms with Crippen LogP contribution in [0, 0.1) is 0 Å². The van der Waals surface area contributed by atoms with Crippen LogP contribution in [0.5, 0.6) is 0 Å². The van der Waals surface area contributed by atoms with E-state index in [9.17, 15) is 0 Å². The van der Waals surface area contributed by atoms with Crippen LogP contribution in [-0.4, -0.2) is 46.6 Å². The smallest absolute Gasteiger partial charge is 0.191 e. The lowest BCUT2D eigenvalue weighted by atomic mass is 10.0. The SMILES string of the molecule is CN=C(NCc1nccn1Cc1ccccc1)NC1CCN(Cc2ccsc2)CC1. The first-order valence-corrected chi connectivity index (χ1v) is 11.5. The second kappa shape index (κ2) is 10.4. The van der Waals surface area contributed by atoms with Gasteiger partial charge in [0.05, 0.1) is 6.54 Å². The van der Waals surface area contributed by atoms with Gasteiger partial charge < -0.3 is 15.2 Å². The van der Waals surface area contributed by atoms with Crippen LogP contribution in [0.25, 0.3) is 0 Å². The molecule has 1 aliphatic heterocycles. The van der Waals surface area contributed by atoms with E-state index in [1.807, 2.05) is 25.5 Å². The van der Waals surface area contributed by atoms with E-state index in [2.05, 4.69) is 71.2 Å². The third-order valence-electron chi connectivity index (χ3n) is 5.55. The first kappa shape index (κ1) is 20.6. The Morgan fingerprint density at radius 3 is 2.70 bits per heavy atom. The fraction of sp³-hybridized carbons (Fsp3) is 0.391. The number of thiophene rings is 1. The number of nitrogens with zero attached hydrogens (tertiary/aromatic N) is 4. The van der Waals surface area contributed by atoms with Crippen molar-refractivity contribution in [3.63, 3.8) is 0 Å². The number of guanidine groups is 1. The van der Waals surface area contributed by atoms with E-state index in [-0.39, 0.29) is 0 Å². The molecular weight excluding hydrogens is 392 g/mol. The molecule has 0 radical (unpaired) electrons. The molecule has 1 aliphatic rings. The summed E-state index contributed by atoms with van der Waals surface area (Å²) in [5.41, 5.74) is 2.70. The number of hydrogen-bond acceptors (Lipinski definition) is 4. The Morgan fingerprint density at radius 2 is 1.97 bits per heavy atom. The van der Waals surface area contributed by atoms with Gasteiger partial charge in [-0.1, -0.05) is 30.3 Å². The number of nitrogens with one attached hydrogen (secondary N) is 2. The van der Waals surface area contributed by atoms with Crippen LogP contribution < -0.4 is 10.6 Å². The van der Waals surface area contributed by atoms with E-state index in [1.54, 1.807) is 11.3 Å². The van der Waals surface area contributed by atoms with Gasteiger partial charge in [0.1, 0.15) is 5.82 Å². The van der Waals surface area contributed by atoms with Crippen LogP contribution in [-0.2, 0) is 19.6 Å². The summed E-state index contributed by atoms with van der Waals surface area (Å²) in [7, 11) is 1.83. The van der Waals surface area contributed by atoms with Crippen LogP contribution in [0.2, 0.25) is 0 Å². The van der Waals surface area contributed by atoms with Crippen LogP contribution in [0.15, 0.2) is 64.5 Å². The van der Waals surface area contributed by atoms with Gasteiger partial charge in [-0.3, -0.25) is 9.89 Å². The molecule has 2 aromatic heterocycles. The topological polar surface area (TPSA) is 57.5 Å². The molecule has 0 saturated carbocycles. The summed E-state index contributed by atoms with van der Waals surface area (Å²) in [4.78, 5) is 11.5. The fourth-order valence-electron chi connectivity index (χ4n) is 3.86. The molecule has 4 rings (SSSR count). The molecule has 0 spiro atoms. The molecule has 2 N–H and O–H groups in total. The summed E-state index contributed by atoms with van der Waals surface area (Å²) >= 11 is 1.78. The van der Waals surface area contributed by atoms with E-state index >= 15 is 0 Å². The molecule has 0 unspecified atom stereocenters. The summed E-state index contributed by atoms with van der Waals surface area (Å²) < 4.78 is 2.18. The molecule has 30 heavy (non-hydrogen) atoms. The second-order valence-electron chi connectivity index (χ2n) is 7.71. The van der Waals surface area contributed by atoms with Crippen molar-refractivity contribution in [1.82, 2.24) is 25.1 Å². The van der Waals surface area contributed by atoms with E-state index in [4.69, 9.17) is 0 Å². The lowest BCUT2D eigenvalue weighted by molar-refractivity contribution is 0.198. The Morgan fingerprint density at radius 1 is 1.13 bits per heavy atom. The minimum absolute atomic E-state index is 0.457. The number of hydrogen-bond donors (Lipinski definition) is 2. The largest absolute Gasteiger partial charge is 0.354 e. The van der Waals surface area contributed by atoms with Crippen LogP contribution in [0.4, 0.5) is 0 Å². The maximum Gasteiger partial charge on any atom is 0.191 e. The number of benzene rings is 1. The van der Waals surface area contributed by atoms with E-state index < -0.39 is 0 Å². The van der Waals surface area contributed by atoms with Crippen molar-refractivity contribution >= 4 is 17.3 Å². The van der Waals surface area contributed by atoms with Gasteiger partial charge in [0, 0.05) is 51.7 Å².